The lowest BCUT2D eigenvalue weighted by molar-refractivity contribution is 0.0597. The summed E-state index contributed by atoms with van der Waals surface area (Å²) in [6, 6.07) is 14.4. The van der Waals surface area contributed by atoms with Crippen molar-refractivity contribution in [3.05, 3.63) is 88.1 Å². The van der Waals surface area contributed by atoms with Crippen molar-refractivity contribution < 1.29 is 24.2 Å². The topological polar surface area (TPSA) is 109 Å². The zero-order chi connectivity index (χ0) is 24.2. The van der Waals surface area contributed by atoms with Gasteiger partial charge >= 0.3 is 5.97 Å². The van der Waals surface area contributed by atoms with E-state index >= 15 is 0 Å². The smallest absolute Gasteiger partial charge is 0.338 e. The van der Waals surface area contributed by atoms with Gasteiger partial charge in [0, 0.05) is 29.0 Å². The van der Waals surface area contributed by atoms with Gasteiger partial charge in [-0.3, -0.25) is 9.59 Å². The lowest BCUT2D eigenvalue weighted by Gasteiger charge is -2.23. The number of halogens is 1. The summed E-state index contributed by atoms with van der Waals surface area (Å²) in [6.45, 7) is 0.438. The molecule has 3 aromatic rings. The zero-order valence-corrected chi connectivity index (χ0v) is 19.1. The molecule has 0 bridgehead atoms. The molecule has 0 radical (unpaired) electrons. The van der Waals surface area contributed by atoms with Crippen LogP contribution in [-0.4, -0.2) is 41.5 Å². The highest BCUT2D eigenvalue weighted by Crippen LogP contribution is 2.35. The molecule has 9 heteroatoms. The van der Waals surface area contributed by atoms with Gasteiger partial charge < -0.3 is 20.1 Å². The van der Waals surface area contributed by atoms with Crippen molar-refractivity contribution in [1.82, 2.24) is 4.98 Å². The first-order valence-corrected chi connectivity index (χ1v) is 11.0. The van der Waals surface area contributed by atoms with E-state index in [9.17, 15) is 19.5 Å². The van der Waals surface area contributed by atoms with Gasteiger partial charge in [-0.05, 0) is 55.3 Å². The number of ether oxygens (including phenoxy) is 1. The number of esters is 1. The number of aliphatic hydroxyl groups is 1. The number of benzene rings is 2. The first-order chi connectivity index (χ1) is 16.4. The number of amides is 2. The van der Waals surface area contributed by atoms with Crippen molar-refractivity contribution in [2.75, 3.05) is 23.9 Å². The summed E-state index contributed by atoms with van der Waals surface area (Å²) in [4.78, 5) is 43.7. The summed E-state index contributed by atoms with van der Waals surface area (Å²) in [5.41, 5.74) is 1.83. The SMILES string of the molecule is COC(=O)c1ccccc1C(=O)Nc1ccc(C(=O)N2CCCC(O)c3cc(Cl)ccc32)cn1. The van der Waals surface area contributed by atoms with Crippen LogP contribution in [0.1, 0.15) is 55.6 Å². The van der Waals surface area contributed by atoms with Crippen LogP contribution < -0.4 is 10.2 Å². The normalized spacial score (nSPS) is 15.1. The van der Waals surface area contributed by atoms with Crippen molar-refractivity contribution in [2.24, 2.45) is 0 Å². The molecule has 0 saturated heterocycles. The Bertz CT molecular complexity index is 1250. The van der Waals surface area contributed by atoms with Crippen LogP contribution >= 0.6 is 11.6 Å². The summed E-state index contributed by atoms with van der Waals surface area (Å²) in [7, 11) is 1.24. The molecule has 0 fully saturated rings. The Balaban J connectivity index is 1.54. The summed E-state index contributed by atoms with van der Waals surface area (Å²) < 4.78 is 4.72. The summed E-state index contributed by atoms with van der Waals surface area (Å²) in [5, 5.41) is 13.6. The third kappa shape index (κ3) is 4.78. The van der Waals surface area contributed by atoms with E-state index in [0.717, 1.165) is 0 Å². The molecule has 8 nitrogen and oxygen atoms in total. The van der Waals surface area contributed by atoms with Crippen LogP contribution in [0.5, 0.6) is 0 Å². The van der Waals surface area contributed by atoms with Gasteiger partial charge in [0.1, 0.15) is 5.82 Å². The fraction of sp³-hybridized carbons (Fsp3) is 0.200. The van der Waals surface area contributed by atoms with Gasteiger partial charge in [0.15, 0.2) is 0 Å². The van der Waals surface area contributed by atoms with E-state index in [1.54, 1.807) is 41.3 Å². The van der Waals surface area contributed by atoms with E-state index in [0.29, 0.717) is 41.2 Å². The number of carbonyl (C=O) groups is 3. The maximum absolute atomic E-state index is 13.2. The average molecular weight is 480 g/mol. The zero-order valence-electron chi connectivity index (χ0n) is 18.3. The molecule has 2 N–H and O–H groups in total. The highest BCUT2D eigenvalue weighted by Gasteiger charge is 2.27. The lowest BCUT2D eigenvalue weighted by atomic mass is 10.0. The minimum Gasteiger partial charge on any atom is -0.465 e. The molecule has 4 rings (SSSR count). The standard InChI is InChI=1S/C25H22ClN3O5/c1-34-25(33)18-6-3-2-5-17(18)23(31)28-22-11-8-15(14-27-22)24(32)29-12-4-7-21(30)19-13-16(26)9-10-20(19)29/h2-3,5-6,8-11,13-14,21,30H,4,7,12H2,1H3,(H,27,28,31). The number of fused-ring (bicyclic) bond motifs is 1. The van der Waals surface area contributed by atoms with Crippen molar-refractivity contribution in [3.63, 3.8) is 0 Å². The number of hydrogen-bond donors (Lipinski definition) is 2. The second-order valence-corrected chi connectivity index (χ2v) is 8.18. The second kappa shape index (κ2) is 10.0. The Morgan fingerprint density at radius 1 is 1.12 bits per heavy atom. The van der Waals surface area contributed by atoms with Crippen LogP contribution in [0.3, 0.4) is 0 Å². The fourth-order valence-electron chi connectivity index (χ4n) is 3.87. The highest BCUT2D eigenvalue weighted by molar-refractivity contribution is 6.30. The number of aliphatic hydroxyl groups excluding tert-OH is 1. The van der Waals surface area contributed by atoms with Crippen LogP contribution in [0.2, 0.25) is 5.02 Å². The molecular weight excluding hydrogens is 458 g/mol. The second-order valence-electron chi connectivity index (χ2n) is 7.74. The third-order valence-corrected chi connectivity index (χ3v) is 5.81. The van der Waals surface area contributed by atoms with Gasteiger partial charge in [-0.2, -0.15) is 0 Å². The lowest BCUT2D eigenvalue weighted by Crippen LogP contribution is -2.32. The minimum atomic E-state index is -0.699. The molecule has 1 unspecified atom stereocenters. The van der Waals surface area contributed by atoms with Crippen molar-refractivity contribution in [1.29, 1.82) is 0 Å². The van der Waals surface area contributed by atoms with Crippen molar-refractivity contribution >= 4 is 40.9 Å². The third-order valence-electron chi connectivity index (χ3n) is 5.57. The number of carbonyl (C=O) groups excluding carboxylic acids is 3. The molecule has 0 aliphatic carbocycles. The molecule has 1 aliphatic rings. The minimum absolute atomic E-state index is 0.136. The fourth-order valence-corrected chi connectivity index (χ4v) is 4.05. The van der Waals surface area contributed by atoms with Crippen LogP contribution in [-0.2, 0) is 4.74 Å². The maximum Gasteiger partial charge on any atom is 0.338 e. The van der Waals surface area contributed by atoms with Gasteiger partial charge in [0.2, 0.25) is 0 Å². The predicted molar refractivity (Wildman–Crippen MR) is 127 cm³/mol. The van der Waals surface area contributed by atoms with E-state index in [1.807, 2.05) is 0 Å². The molecule has 2 amide bonds. The number of nitrogens with zero attached hydrogens (tertiary/aromatic N) is 2. The Morgan fingerprint density at radius 2 is 1.88 bits per heavy atom. The molecular formula is C25H22ClN3O5. The Labute approximate surface area is 201 Å². The molecule has 2 aromatic carbocycles. The molecule has 0 saturated carbocycles. The average Bonchev–Trinajstić information content (AvgIpc) is 3.02. The predicted octanol–water partition coefficient (Wildman–Crippen LogP) is 4.25. The molecule has 1 atom stereocenters. The largest absolute Gasteiger partial charge is 0.465 e. The first kappa shape index (κ1) is 23.4. The Morgan fingerprint density at radius 3 is 2.59 bits per heavy atom. The van der Waals surface area contributed by atoms with Gasteiger partial charge in [-0.15, -0.1) is 0 Å². The molecule has 174 valence electrons. The van der Waals surface area contributed by atoms with E-state index in [1.165, 1.54) is 31.5 Å². The molecule has 1 aromatic heterocycles. The number of anilines is 2. The monoisotopic (exact) mass is 479 g/mol. The molecule has 0 spiro atoms. The van der Waals surface area contributed by atoms with E-state index in [4.69, 9.17) is 16.3 Å². The number of aromatic nitrogens is 1. The van der Waals surface area contributed by atoms with Crippen LogP contribution in [0.15, 0.2) is 60.8 Å². The number of pyridine rings is 1. The molecule has 2 heterocycles. The van der Waals surface area contributed by atoms with Gasteiger partial charge in [-0.25, -0.2) is 9.78 Å². The first-order valence-electron chi connectivity index (χ1n) is 10.6. The van der Waals surface area contributed by atoms with E-state index in [-0.39, 0.29) is 22.9 Å². The highest BCUT2D eigenvalue weighted by atomic mass is 35.5. The van der Waals surface area contributed by atoms with Crippen LogP contribution in [0.4, 0.5) is 11.5 Å². The van der Waals surface area contributed by atoms with Crippen LogP contribution in [0.25, 0.3) is 0 Å². The molecule has 34 heavy (non-hydrogen) atoms. The van der Waals surface area contributed by atoms with Gasteiger partial charge in [0.05, 0.1) is 29.9 Å². The van der Waals surface area contributed by atoms with Gasteiger partial charge in [0.25, 0.3) is 11.8 Å². The Kier molecular flexibility index (Phi) is 6.90. The van der Waals surface area contributed by atoms with E-state index in [2.05, 4.69) is 10.3 Å². The van der Waals surface area contributed by atoms with Gasteiger partial charge in [-0.1, -0.05) is 23.7 Å². The quantitative estimate of drug-likeness (QED) is 0.541. The number of rotatable bonds is 4. The maximum atomic E-state index is 13.2. The number of nitrogens with one attached hydrogen (secondary N) is 1. The van der Waals surface area contributed by atoms with Crippen molar-refractivity contribution in [3.8, 4) is 0 Å². The summed E-state index contributed by atoms with van der Waals surface area (Å²) in [5.74, 6) is -1.21. The Hall–Kier alpha value is -3.75. The summed E-state index contributed by atoms with van der Waals surface area (Å²) >= 11 is 6.09. The molecule has 1 aliphatic heterocycles. The summed E-state index contributed by atoms with van der Waals surface area (Å²) in [6.07, 6.45) is 1.82. The van der Waals surface area contributed by atoms with Crippen molar-refractivity contribution in [2.45, 2.75) is 18.9 Å². The van der Waals surface area contributed by atoms with Crippen LogP contribution in [0, 0.1) is 0 Å². The number of methoxy groups -OCH3 is 1. The van der Waals surface area contributed by atoms with E-state index < -0.39 is 18.0 Å². The number of hydrogen-bond acceptors (Lipinski definition) is 6.